The Morgan fingerprint density at radius 3 is 1.69 bits per heavy atom. The van der Waals surface area contributed by atoms with E-state index in [4.69, 9.17) is 15.1 Å². The van der Waals surface area contributed by atoms with Crippen LogP contribution in [0.5, 0.6) is 0 Å². The topological polar surface area (TPSA) is 99.3 Å². The van der Waals surface area contributed by atoms with E-state index in [1.54, 1.807) is 11.3 Å². The minimum absolute atomic E-state index is 0.0834. The summed E-state index contributed by atoms with van der Waals surface area (Å²) in [7, 11) is 0. The van der Waals surface area contributed by atoms with E-state index < -0.39 is 0 Å². The first-order chi connectivity index (χ1) is 32.7. The Kier molecular flexibility index (Phi) is 9.57. The number of nitrogens with one attached hydrogen (secondary N) is 2. The molecule has 2 N–H and O–H groups in total. The number of pyridine rings is 2. The number of thioether (sulfide) groups is 1. The van der Waals surface area contributed by atoms with E-state index in [1.807, 2.05) is 24.3 Å². The average Bonchev–Trinajstić information content (AvgIpc) is 4.06. The molecule has 332 valence electrons. The minimum Gasteiger partial charge on any atom is -0.293 e. The Morgan fingerprint density at radius 1 is 0.515 bits per heavy atom. The summed E-state index contributed by atoms with van der Waals surface area (Å²) in [5, 5.41) is 30.3. The molecule has 4 aliphatic carbocycles. The largest absolute Gasteiger partial charge is 0.293 e. The number of nitrogens with zero attached hydrogens (tertiary/aromatic N) is 4. The summed E-state index contributed by atoms with van der Waals surface area (Å²) >= 11 is 2.76. The van der Waals surface area contributed by atoms with Crippen LogP contribution in [-0.2, 0) is 16.2 Å². The second kappa shape index (κ2) is 15.3. The van der Waals surface area contributed by atoms with Gasteiger partial charge in [0.2, 0.25) is 0 Å². The zero-order valence-corrected chi connectivity index (χ0v) is 40.9. The molecule has 12 rings (SSSR count). The highest BCUT2D eigenvalue weighted by molar-refractivity contribution is 8.27. The van der Waals surface area contributed by atoms with Gasteiger partial charge in [-0.15, -0.1) is 10.2 Å². The Balaban J connectivity index is 0.766. The summed E-state index contributed by atoms with van der Waals surface area (Å²) < 4.78 is 0. The normalized spacial score (nSPS) is 17.4. The SMILES string of the molecule is CC1CC2=C(C=C1C(=N)SC(=N)c1cccc(-c3ccc4c(c3)C(C)(C)c3ccccc3-4)n1)C(C)(C)c1cc(-c3nnc(-c4cccc(-c5ccc6c(c5)C(C)(C)c5ccccc5-6)n4)s3)ccc12. The van der Waals surface area contributed by atoms with E-state index in [0.717, 1.165) is 55.8 Å². The lowest BCUT2D eigenvalue weighted by Gasteiger charge is -2.28. The molecule has 0 saturated carbocycles. The Bertz CT molecular complexity index is 3570. The zero-order valence-electron chi connectivity index (χ0n) is 39.2. The molecular weight excluding hydrogens is 869 g/mol. The molecule has 0 fully saturated rings. The summed E-state index contributed by atoms with van der Waals surface area (Å²) in [5.74, 6) is 0.120. The van der Waals surface area contributed by atoms with Crippen LogP contribution in [0.2, 0.25) is 0 Å². The maximum absolute atomic E-state index is 9.38. The summed E-state index contributed by atoms with van der Waals surface area (Å²) in [5.41, 5.74) is 22.4. The van der Waals surface area contributed by atoms with Gasteiger partial charge in [0.05, 0.1) is 22.1 Å². The second-order valence-electron chi connectivity index (χ2n) is 20.3. The number of allylic oxidation sites excluding steroid dienone is 3. The Labute approximate surface area is 406 Å². The van der Waals surface area contributed by atoms with Gasteiger partial charge in [0, 0.05) is 32.9 Å². The predicted molar refractivity (Wildman–Crippen MR) is 283 cm³/mol. The fraction of sp³-hybridized carbons (Fsp3) is 0.200. The van der Waals surface area contributed by atoms with Crippen LogP contribution < -0.4 is 0 Å². The molecule has 0 aliphatic heterocycles. The molecule has 3 heterocycles. The first kappa shape index (κ1) is 42.5. The van der Waals surface area contributed by atoms with Gasteiger partial charge in [-0.2, -0.15) is 0 Å². The number of benzene rings is 5. The molecule has 0 saturated heterocycles. The molecule has 3 aromatic heterocycles. The van der Waals surface area contributed by atoms with Crippen LogP contribution in [0.3, 0.4) is 0 Å². The van der Waals surface area contributed by atoms with Crippen molar-refractivity contribution in [1.29, 1.82) is 10.8 Å². The molecular formula is C60H50N6S2. The number of aromatic nitrogens is 4. The monoisotopic (exact) mass is 918 g/mol. The fourth-order valence-electron chi connectivity index (χ4n) is 11.4. The van der Waals surface area contributed by atoms with Crippen LogP contribution in [0, 0.1) is 16.7 Å². The van der Waals surface area contributed by atoms with E-state index in [-0.39, 0.29) is 27.2 Å². The van der Waals surface area contributed by atoms with E-state index in [9.17, 15) is 10.8 Å². The van der Waals surface area contributed by atoms with Crippen molar-refractivity contribution in [1.82, 2.24) is 20.2 Å². The fourth-order valence-corrected chi connectivity index (χ4v) is 13.0. The lowest BCUT2D eigenvalue weighted by atomic mass is 9.77. The average molecular weight is 919 g/mol. The lowest BCUT2D eigenvalue weighted by Crippen LogP contribution is -2.20. The number of fused-ring (bicyclic) bond motifs is 8. The lowest BCUT2D eigenvalue weighted by molar-refractivity contribution is 0.639. The van der Waals surface area contributed by atoms with E-state index in [0.29, 0.717) is 10.7 Å². The van der Waals surface area contributed by atoms with Crippen molar-refractivity contribution >= 4 is 38.8 Å². The van der Waals surface area contributed by atoms with E-state index in [2.05, 4.69) is 175 Å². The zero-order chi connectivity index (χ0) is 46.9. The Hall–Kier alpha value is -6.87. The molecule has 0 radical (unpaired) electrons. The van der Waals surface area contributed by atoms with Gasteiger partial charge in [-0.3, -0.25) is 10.8 Å². The molecule has 8 aromatic rings. The van der Waals surface area contributed by atoms with Crippen molar-refractivity contribution in [3.8, 4) is 66.0 Å². The van der Waals surface area contributed by atoms with Gasteiger partial charge in [-0.25, -0.2) is 9.97 Å². The van der Waals surface area contributed by atoms with Gasteiger partial charge in [0.15, 0.2) is 5.01 Å². The quantitative estimate of drug-likeness (QED) is 0.128. The maximum atomic E-state index is 9.38. The number of hydrogen-bond donors (Lipinski definition) is 2. The first-order valence-electron chi connectivity index (χ1n) is 23.4. The van der Waals surface area contributed by atoms with Crippen LogP contribution in [0.1, 0.15) is 94.0 Å². The van der Waals surface area contributed by atoms with Crippen molar-refractivity contribution in [2.24, 2.45) is 5.92 Å². The third-order valence-corrected chi connectivity index (χ3v) is 17.1. The van der Waals surface area contributed by atoms with Crippen LogP contribution in [0.25, 0.3) is 71.6 Å². The van der Waals surface area contributed by atoms with Crippen LogP contribution >= 0.6 is 23.1 Å². The molecule has 5 aromatic carbocycles. The maximum Gasteiger partial charge on any atom is 0.166 e. The van der Waals surface area contributed by atoms with Gasteiger partial charge in [0.25, 0.3) is 0 Å². The number of hydrogen-bond acceptors (Lipinski definition) is 8. The van der Waals surface area contributed by atoms with Crippen molar-refractivity contribution < 1.29 is 0 Å². The molecule has 0 amide bonds. The van der Waals surface area contributed by atoms with Crippen molar-refractivity contribution in [3.63, 3.8) is 0 Å². The summed E-state index contributed by atoms with van der Waals surface area (Å²) in [4.78, 5) is 10.1. The Morgan fingerprint density at radius 2 is 1.03 bits per heavy atom. The molecule has 8 heteroatoms. The van der Waals surface area contributed by atoms with Crippen LogP contribution in [0.4, 0.5) is 0 Å². The highest BCUT2D eigenvalue weighted by atomic mass is 32.2. The molecule has 4 aliphatic rings. The molecule has 68 heavy (non-hydrogen) atoms. The van der Waals surface area contributed by atoms with E-state index >= 15 is 0 Å². The third kappa shape index (κ3) is 6.51. The first-order valence-corrected chi connectivity index (χ1v) is 25.1. The van der Waals surface area contributed by atoms with Gasteiger partial charge in [0.1, 0.15) is 15.7 Å². The van der Waals surface area contributed by atoms with Gasteiger partial charge in [-0.05, 0) is 139 Å². The van der Waals surface area contributed by atoms with Crippen LogP contribution in [-0.4, -0.2) is 30.3 Å². The highest BCUT2D eigenvalue weighted by Crippen LogP contribution is 2.54. The van der Waals surface area contributed by atoms with Gasteiger partial charge >= 0.3 is 0 Å². The van der Waals surface area contributed by atoms with Crippen LogP contribution in [0.15, 0.2) is 157 Å². The second-order valence-corrected chi connectivity index (χ2v) is 22.3. The van der Waals surface area contributed by atoms with E-state index in [1.165, 1.54) is 78.5 Å². The van der Waals surface area contributed by atoms with Crippen molar-refractivity contribution in [2.75, 3.05) is 0 Å². The molecule has 1 atom stereocenters. The molecule has 1 unspecified atom stereocenters. The van der Waals surface area contributed by atoms with Gasteiger partial charge in [-0.1, -0.05) is 163 Å². The third-order valence-electron chi connectivity index (χ3n) is 15.2. The van der Waals surface area contributed by atoms with Gasteiger partial charge < -0.3 is 0 Å². The minimum atomic E-state index is -0.290. The molecule has 6 nitrogen and oxygen atoms in total. The molecule has 0 bridgehead atoms. The highest BCUT2D eigenvalue weighted by Gasteiger charge is 2.41. The molecule has 0 spiro atoms. The summed E-state index contributed by atoms with van der Waals surface area (Å²) in [6, 6.07) is 49.5. The smallest absolute Gasteiger partial charge is 0.166 e. The van der Waals surface area contributed by atoms with Crippen molar-refractivity contribution in [2.45, 2.75) is 71.1 Å². The van der Waals surface area contributed by atoms with Crippen molar-refractivity contribution in [3.05, 3.63) is 196 Å². The number of rotatable bonds is 6. The predicted octanol–water partition coefficient (Wildman–Crippen LogP) is 15.4. The summed E-state index contributed by atoms with van der Waals surface area (Å²) in [6.45, 7) is 16.0. The standard InChI is InChI=1S/C60H50N6S2/c1-33-28-43-41-27-24-36(56-65-66-57(68-56)53-21-13-19-51(64-53)35-23-26-40-38-15-9-11-17-45(38)59(4,5)47(40)30-35)31-48(41)60(6,7)49(43)32-42(33)54(61)67-55(62)52-20-12-18-50(63-52)34-22-25-39-37-14-8-10-16-44(37)58(2,3)46(39)29-34/h8-27,29-33,61-62H,28H2,1-7H3. The summed E-state index contributed by atoms with van der Waals surface area (Å²) in [6.07, 6.45) is 3.07.